The Labute approximate surface area is 172 Å². The first kappa shape index (κ1) is 24.4. The molecule has 8 heteroatoms. The van der Waals surface area contributed by atoms with Crippen LogP contribution in [0.3, 0.4) is 0 Å². The molecule has 0 saturated carbocycles. The fourth-order valence-electron chi connectivity index (χ4n) is 2.59. The molecule has 0 heterocycles. The van der Waals surface area contributed by atoms with Crippen LogP contribution in [0.1, 0.15) is 38.7 Å². The van der Waals surface area contributed by atoms with Gasteiger partial charge in [-0.15, -0.1) is 0 Å². The summed E-state index contributed by atoms with van der Waals surface area (Å²) in [6.45, 7) is 6.23. The van der Waals surface area contributed by atoms with E-state index in [0.717, 1.165) is 18.4 Å². The van der Waals surface area contributed by atoms with E-state index < -0.39 is 0 Å². The Balaban J connectivity index is 2.39. The van der Waals surface area contributed by atoms with Gasteiger partial charge in [-0.3, -0.25) is 9.59 Å². The minimum atomic E-state index is -0.362. The summed E-state index contributed by atoms with van der Waals surface area (Å²) in [7, 11) is 0. The maximum atomic E-state index is 12.5. The minimum Gasteiger partial charge on any atom is -0.465 e. The van der Waals surface area contributed by atoms with E-state index in [1.165, 1.54) is 6.92 Å². The van der Waals surface area contributed by atoms with Crippen LogP contribution in [0.5, 0.6) is 0 Å². The number of esters is 1. The van der Waals surface area contributed by atoms with E-state index in [-0.39, 0.29) is 31.1 Å². The van der Waals surface area contributed by atoms with Gasteiger partial charge in [-0.05, 0) is 38.3 Å². The van der Waals surface area contributed by atoms with Gasteiger partial charge in [0.1, 0.15) is 6.61 Å². The third-order valence-corrected chi connectivity index (χ3v) is 4.05. The summed E-state index contributed by atoms with van der Waals surface area (Å²) in [4.78, 5) is 36.4. The normalized spacial score (nSPS) is 10.3. The Morgan fingerprint density at radius 1 is 0.966 bits per heavy atom. The maximum Gasteiger partial charge on any atom is 0.410 e. The topological polar surface area (TPSA) is 97.0 Å². The van der Waals surface area contributed by atoms with Crippen LogP contribution in [0.15, 0.2) is 30.3 Å². The third-order valence-electron chi connectivity index (χ3n) is 4.05. The summed E-state index contributed by atoms with van der Waals surface area (Å²) in [6.07, 6.45) is 1.87. The predicted molar refractivity (Wildman–Crippen MR) is 110 cm³/mol. The number of benzene rings is 1. The van der Waals surface area contributed by atoms with Crippen molar-refractivity contribution >= 4 is 18.0 Å². The Kier molecular flexibility index (Phi) is 12.9. The smallest absolute Gasteiger partial charge is 0.410 e. The second kappa shape index (κ2) is 15.3. The standard InChI is InChI=1S/C21H33N3O5/c1-3-28-20(26)16-22-12-9-15-24(14-8-7-13-23-18(2)25)21(27)29-17-19-10-5-4-6-11-19/h4-6,10-11,22H,3,7-9,12-17H2,1-2H3,(H,23,25). The van der Waals surface area contributed by atoms with Gasteiger partial charge >= 0.3 is 12.1 Å². The van der Waals surface area contributed by atoms with Crippen molar-refractivity contribution in [3.8, 4) is 0 Å². The van der Waals surface area contributed by atoms with Crippen molar-refractivity contribution in [3.63, 3.8) is 0 Å². The zero-order valence-electron chi connectivity index (χ0n) is 17.4. The highest BCUT2D eigenvalue weighted by Gasteiger charge is 2.14. The molecule has 1 aromatic carbocycles. The number of carbonyl (C=O) groups excluding carboxylic acids is 3. The van der Waals surface area contributed by atoms with Gasteiger partial charge in [0, 0.05) is 26.6 Å². The van der Waals surface area contributed by atoms with Crippen LogP contribution in [0.4, 0.5) is 4.79 Å². The molecular formula is C21H33N3O5. The quantitative estimate of drug-likeness (QED) is 0.362. The Morgan fingerprint density at radius 3 is 2.38 bits per heavy atom. The van der Waals surface area contributed by atoms with Gasteiger partial charge in [-0.1, -0.05) is 30.3 Å². The molecule has 0 fully saturated rings. The molecule has 0 unspecified atom stereocenters. The van der Waals surface area contributed by atoms with Crippen molar-refractivity contribution in [2.45, 2.75) is 39.7 Å². The number of nitrogens with zero attached hydrogens (tertiary/aromatic N) is 1. The lowest BCUT2D eigenvalue weighted by molar-refractivity contribution is -0.142. The zero-order chi connectivity index (χ0) is 21.3. The molecule has 2 amide bonds. The van der Waals surface area contributed by atoms with Gasteiger partial charge in [0.2, 0.25) is 5.91 Å². The predicted octanol–water partition coefficient (Wildman–Crippen LogP) is 2.08. The van der Waals surface area contributed by atoms with Gasteiger partial charge in [0.25, 0.3) is 0 Å². The van der Waals surface area contributed by atoms with Crippen molar-refractivity contribution < 1.29 is 23.9 Å². The summed E-state index contributed by atoms with van der Waals surface area (Å²) >= 11 is 0. The highest BCUT2D eigenvalue weighted by atomic mass is 16.6. The number of amides is 2. The van der Waals surface area contributed by atoms with Crippen LogP contribution in [-0.2, 0) is 25.7 Å². The highest BCUT2D eigenvalue weighted by Crippen LogP contribution is 2.05. The highest BCUT2D eigenvalue weighted by molar-refractivity contribution is 5.72. The van der Waals surface area contributed by atoms with E-state index in [1.54, 1.807) is 11.8 Å². The molecule has 0 bridgehead atoms. The average molecular weight is 408 g/mol. The third kappa shape index (κ3) is 12.5. The summed E-state index contributed by atoms with van der Waals surface area (Å²) in [5, 5.41) is 5.76. The molecule has 0 atom stereocenters. The number of hydrogen-bond donors (Lipinski definition) is 2. The molecule has 0 aliphatic heterocycles. The molecular weight excluding hydrogens is 374 g/mol. The lowest BCUT2D eigenvalue weighted by atomic mass is 10.2. The summed E-state index contributed by atoms with van der Waals surface area (Å²) < 4.78 is 10.3. The zero-order valence-corrected chi connectivity index (χ0v) is 17.4. The van der Waals surface area contributed by atoms with Crippen LogP contribution in [-0.4, -0.2) is 62.2 Å². The average Bonchev–Trinajstić information content (AvgIpc) is 2.70. The van der Waals surface area contributed by atoms with E-state index >= 15 is 0 Å². The molecule has 29 heavy (non-hydrogen) atoms. The summed E-state index contributed by atoms with van der Waals surface area (Å²) in [6, 6.07) is 9.53. The fraction of sp³-hybridized carbons (Fsp3) is 0.571. The van der Waals surface area contributed by atoms with Crippen LogP contribution in [0.2, 0.25) is 0 Å². The lowest BCUT2D eigenvalue weighted by Gasteiger charge is -2.22. The first-order valence-corrected chi connectivity index (χ1v) is 10.1. The largest absolute Gasteiger partial charge is 0.465 e. The van der Waals surface area contributed by atoms with Gasteiger partial charge in [-0.25, -0.2) is 4.79 Å². The number of carbonyl (C=O) groups is 3. The van der Waals surface area contributed by atoms with Crippen molar-refractivity contribution in [1.82, 2.24) is 15.5 Å². The first-order valence-electron chi connectivity index (χ1n) is 10.1. The van der Waals surface area contributed by atoms with Crippen LogP contribution in [0, 0.1) is 0 Å². The SMILES string of the molecule is CCOC(=O)CNCCCN(CCCCNC(C)=O)C(=O)OCc1ccccc1. The maximum absolute atomic E-state index is 12.5. The number of nitrogens with one attached hydrogen (secondary N) is 2. The molecule has 1 aromatic rings. The monoisotopic (exact) mass is 407 g/mol. The molecule has 0 saturated heterocycles. The van der Waals surface area contributed by atoms with Crippen molar-refractivity contribution in [2.24, 2.45) is 0 Å². The molecule has 0 aliphatic carbocycles. The molecule has 162 valence electrons. The molecule has 0 aliphatic rings. The number of unbranched alkanes of at least 4 members (excludes halogenated alkanes) is 1. The molecule has 2 N–H and O–H groups in total. The number of rotatable bonds is 14. The van der Waals surface area contributed by atoms with Crippen LogP contribution < -0.4 is 10.6 Å². The van der Waals surface area contributed by atoms with E-state index in [4.69, 9.17) is 9.47 Å². The number of hydrogen-bond acceptors (Lipinski definition) is 6. The number of ether oxygens (including phenoxy) is 2. The van der Waals surface area contributed by atoms with Crippen LogP contribution in [0.25, 0.3) is 0 Å². The molecule has 8 nitrogen and oxygen atoms in total. The van der Waals surface area contributed by atoms with Crippen molar-refractivity contribution in [1.29, 1.82) is 0 Å². The van der Waals surface area contributed by atoms with Gasteiger partial charge in [0.15, 0.2) is 0 Å². The van der Waals surface area contributed by atoms with E-state index in [9.17, 15) is 14.4 Å². The summed E-state index contributed by atoms with van der Waals surface area (Å²) in [5.74, 6) is -0.346. The Morgan fingerprint density at radius 2 is 1.69 bits per heavy atom. The lowest BCUT2D eigenvalue weighted by Crippen LogP contribution is -2.35. The molecule has 0 aromatic heterocycles. The minimum absolute atomic E-state index is 0.0585. The molecule has 0 radical (unpaired) electrons. The van der Waals surface area contributed by atoms with E-state index in [0.29, 0.717) is 39.2 Å². The Bertz CT molecular complexity index is 610. The van der Waals surface area contributed by atoms with Crippen molar-refractivity contribution in [2.75, 3.05) is 39.3 Å². The van der Waals surface area contributed by atoms with Gasteiger partial charge in [-0.2, -0.15) is 0 Å². The van der Waals surface area contributed by atoms with Gasteiger partial charge < -0.3 is 25.0 Å². The van der Waals surface area contributed by atoms with Crippen LogP contribution >= 0.6 is 0 Å². The van der Waals surface area contributed by atoms with E-state index in [2.05, 4.69) is 10.6 Å². The van der Waals surface area contributed by atoms with Crippen molar-refractivity contribution in [3.05, 3.63) is 35.9 Å². The fourth-order valence-corrected chi connectivity index (χ4v) is 2.59. The first-order chi connectivity index (χ1) is 14.0. The second-order valence-corrected chi connectivity index (χ2v) is 6.55. The second-order valence-electron chi connectivity index (χ2n) is 6.55. The van der Waals surface area contributed by atoms with Gasteiger partial charge in [0.05, 0.1) is 13.2 Å². The molecule has 0 spiro atoms. The Hall–Kier alpha value is -2.61. The summed E-state index contributed by atoms with van der Waals surface area (Å²) in [5.41, 5.74) is 0.933. The van der Waals surface area contributed by atoms with E-state index in [1.807, 2.05) is 30.3 Å². The molecule has 1 rings (SSSR count).